The molecule has 3 rings (SSSR count). The molecule has 138 valence electrons. The minimum absolute atomic E-state index is 0.0904. The molecule has 5 nitrogen and oxygen atoms in total. The summed E-state index contributed by atoms with van der Waals surface area (Å²) in [5, 5.41) is 7.75. The smallest absolute Gasteiger partial charge is 0.255 e. The van der Waals surface area contributed by atoms with Crippen LogP contribution in [0.3, 0.4) is 0 Å². The number of hydrogen-bond acceptors (Lipinski definition) is 3. The van der Waals surface area contributed by atoms with Crippen molar-refractivity contribution in [3.63, 3.8) is 0 Å². The molecule has 0 saturated carbocycles. The first-order valence-electron chi connectivity index (χ1n) is 8.92. The summed E-state index contributed by atoms with van der Waals surface area (Å²) in [5.74, 6) is -0.0700. The molecule has 0 atom stereocenters. The molecule has 2 N–H and O–H groups in total. The summed E-state index contributed by atoms with van der Waals surface area (Å²) in [5.41, 5.74) is 1.43. The van der Waals surface area contributed by atoms with Crippen molar-refractivity contribution in [2.75, 3.05) is 13.2 Å². The monoisotopic (exact) mass is 362 g/mol. The van der Waals surface area contributed by atoms with Crippen LogP contribution in [0, 0.1) is 0 Å². The standard InChI is InChI=1S/C22H22N2O3/c1-2-27-20-10-6-5-9-19(20)22(26)24-15-21(25)23-14-16-11-12-17-7-3-4-8-18(17)13-16/h3-13H,2,14-15H2,1H3,(H,23,25)(H,24,26). The summed E-state index contributed by atoms with van der Waals surface area (Å²) in [6.07, 6.45) is 0. The maximum Gasteiger partial charge on any atom is 0.255 e. The number of carbonyl (C=O) groups excluding carboxylic acids is 2. The second-order valence-electron chi connectivity index (χ2n) is 6.07. The lowest BCUT2D eigenvalue weighted by Crippen LogP contribution is -2.36. The topological polar surface area (TPSA) is 67.4 Å². The Morgan fingerprint density at radius 3 is 2.44 bits per heavy atom. The van der Waals surface area contributed by atoms with E-state index in [0.29, 0.717) is 24.5 Å². The Morgan fingerprint density at radius 2 is 1.63 bits per heavy atom. The Morgan fingerprint density at radius 1 is 0.889 bits per heavy atom. The van der Waals surface area contributed by atoms with Crippen molar-refractivity contribution in [2.45, 2.75) is 13.5 Å². The molecule has 0 fully saturated rings. The van der Waals surface area contributed by atoms with Crippen molar-refractivity contribution in [3.8, 4) is 5.75 Å². The highest BCUT2D eigenvalue weighted by atomic mass is 16.5. The third kappa shape index (κ3) is 4.85. The van der Waals surface area contributed by atoms with Gasteiger partial charge in [-0.2, -0.15) is 0 Å². The fourth-order valence-corrected chi connectivity index (χ4v) is 2.80. The van der Waals surface area contributed by atoms with Gasteiger partial charge in [-0.15, -0.1) is 0 Å². The van der Waals surface area contributed by atoms with Crippen LogP contribution in [-0.2, 0) is 11.3 Å². The lowest BCUT2D eigenvalue weighted by atomic mass is 10.1. The Hall–Kier alpha value is -3.34. The van der Waals surface area contributed by atoms with Gasteiger partial charge in [-0.05, 0) is 41.5 Å². The van der Waals surface area contributed by atoms with E-state index in [4.69, 9.17) is 4.74 Å². The Kier molecular flexibility index (Phi) is 6.05. The van der Waals surface area contributed by atoms with Crippen molar-refractivity contribution in [1.82, 2.24) is 10.6 Å². The predicted molar refractivity (Wildman–Crippen MR) is 106 cm³/mol. The molecule has 0 unspecified atom stereocenters. The highest BCUT2D eigenvalue weighted by Gasteiger charge is 2.12. The van der Waals surface area contributed by atoms with E-state index in [2.05, 4.69) is 10.6 Å². The summed E-state index contributed by atoms with van der Waals surface area (Å²) in [6, 6.07) is 21.1. The van der Waals surface area contributed by atoms with Crippen LogP contribution >= 0.6 is 0 Å². The van der Waals surface area contributed by atoms with Crippen molar-refractivity contribution in [2.24, 2.45) is 0 Å². The highest BCUT2D eigenvalue weighted by molar-refractivity contribution is 5.98. The van der Waals surface area contributed by atoms with E-state index >= 15 is 0 Å². The van der Waals surface area contributed by atoms with Gasteiger partial charge in [0.1, 0.15) is 5.75 Å². The van der Waals surface area contributed by atoms with Gasteiger partial charge in [-0.25, -0.2) is 0 Å². The van der Waals surface area contributed by atoms with Crippen molar-refractivity contribution in [3.05, 3.63) is 77.9 Å². The van der Waals surface area contributed by atoms with Crippen LogP contribution in [0.15, 0.2) is 66.7 Å². The number of para-hydroxylation sites is 1. The first kappa shape index (κ1) is 18.5. The molecule has 2 amide bonds. The number of nitrogens with one attached hydrogen (secondary N) is 2. The quantitative estimate of drug-likeness (QED) is 0.678. The van der Waals surface area contributed by atoms with Crippen LogP contribution < -0.4 is 15.4 Å². The number of amides is 2. The van der Waals surface area contributed by atoms with Gasteiger partial charge in [0.05, 0.1) is 18.7 Å². The Balaban J connectivity index is 1.52. The normalized spacial score (nSPS) is 10.4. The molecule has 0 aliphatic heterocycles. The number of carbonyl (C=O) groups is 2. The molecule has 0 bridgehead atoms. The van der Waals surface area contributed by atoms with E-state index < -0.39 is 0 Å². The molecule has 3 aromatic carbocycles. The van der Waals surface area contributed by atoms with E-state index in [0.717, 1.165) is 16.3 Å². The van der Waals surface area contributed by atoms with Crippen LogP contribution in [0.4, 0.5) is 0 Å². The van der Waals surface area contributed by atoms with Gasteiger partial charge in [0, 0.05) is 6.54 Å². The maximum atomic E-state index is 12.3. The van der Waals surface area contributed by atoms with E-state index in [1.54, 1.807) is 24.3 Å². The lowest BCUT2D eigenvalue weighted by Gasteiger charge is -2.11. The predicted octanol–water partition coefficient (Wildman–Crippen LogP) is 3.28. The molecule has 0 heterocycles. The molecule has 0 spiro atoms. The summed E-state index contributed by atoms with van der Waals surface area (Å²) >= 11 is 0. The zero-order valence-corrected chi connectivity index (χ0v) is 15.2. The first-order valence-corrected chi connectivity index (χ1v) is 8.92. The van der Waals surface area contributed by atoms with Crippen LogP contribution in [0.5, 0.6) is 5.75 Å². The van der Waals surface area contributed by atoms with Crippen LogP contribution in [0.1, 0.15) is 22.8 Å². The van der Waals surface area contributed by atoms with Crippen LogP contribution in [-0.4, -0.2) is 25.0 Å². The zero-order valence-electron chi connectivity index (χ0n) is 15.2. The molecule has 0 aliphatic rings. The van der Waals surface area contributed by atoms with E-state index in [1.165, 1.54) is 0 Å². The van der Waals surface area contributed by atoms with Gasteiger partial charge < -0.3 is 15.4 Å². The summed E-state index contributed by atoms with van der Waals surface area (Å²) in [4.78, 5) is 24.4. The van der Waals surface area contributed by atoms with E-state index in [-0.39, 0.29) is 18.4 Å². The maximum absolute atomic E-state index is 12.3. The fourth-order valence-electron chi connectivity index (χ4n) is 2.80. The summed E-state index contributed by atoms with van der Waals surface area (Å²) in [6.45, 7) is 2.65. The van der Waals surface area contributed by atoms with E-state index in [9.17, 15) is 9.59 Å². The average Bonchev–Trinajstić information content (AvgIpc) is 2.71. The Labute approximate surface area is 158 Å². The largest absolute Gasteiger partial charge is 0.493 e. The first-order chi connectivity index (χ1) is 13.2. The number of ether oxygens (including phenoxy) is 1. The van der Waals surface area contributed by atoms with Crippen LogP contribution in [0.2, 0.25) is 0 Å². The number of rotatable bonds is 7. The minimum atomic E-state index is -0.333. The molecule has 0 aromatic heterocycles. The number of hydrogen-bond donors (Lipinski definition) is 2. The molecular weight excluding hydrogens is 340 g/mol. The van der Waals surface area contributed by atoms with Crippen molar-refractivity contribution in [1.29, 1.82) is 0 Å². The van der Waals surface area contributed by atoms with Crippen molar-refractivity contribution < 1.29 is 14.3 Å². The van der Waals surface area contributed by atoms with E-state index in [1.807, 2.05) is 49.4 Å². The fraction of sp³-hybridized carbons (Fsp3) is 0.182. The van der Waals surface area contributed by atoms with Crippen molar-refractivity contribution >= 4 is 22.6 Å². The Bertz CT molecular complexity index is 953. The minimum Gasteiger partial charge on any atom is -0.493 e. The van der Waals surface area contributed by atoms with Crippen LogP contribution in [0.25, 0.3) is 10.8 Å². The third-order valence-corrected chi connectivity index (χ3v) is 4.14. The molecule has 0 aliphatic carbocycles. The van der Waals surface area contributed by atoms with Gasteiger partial charge in [0.15, 0.2) is 0 Å². The zero-order chi connectivity index (χ0) is 19.1. The molecule has 3 aromatic rings. The third-order valence-electron chi connectivity index (χ3n) is 4.14. The second kappa shape index (κ2) is 8.85. The SMILES string of the molecule is CCOc1ccccc1C(=O)NCC(=O)NCc1ccc2ccccc2c1. The molecule has 0 saturated heterocycles. The lowest BCUT2D eigenvalue weighted by molar-refractivity contribution is -0.120. The van der Waals surface area contributed by atoms with Gasteiger partial charge in [-0.1, -0.05) is 48.5 Å². The summed E-state index contributed by atoms with van der Waals surface area (Å²) in [7, 11) is 0. The number of fused-ring (bicyclic) bond motifs is 1. The second-order valence-corrected chi connectivity index (χ2v) is 6.07. The van der Waals surface area contributed by atoms with Gasteiger partial charge >= 0.3 is 0 Å². The molecule has 0 radical (unpaired) electrons. The molecular formula is C22H22N2O3. The highest BCUT2D eigenvalue weighted by Crippen LogP contribution is 2.17. The van der Waals surface area contributed by atoms with Gasteiger partial charge in [0.25, 0.3) is 5.91 Å². The van der Waals surface area contributed by atoms with Gasteiger partial charge in [0.2, 0.25) is 5.91 Å². The summed E-state index contributed by atoms with van der Waals surface area (Å²) < 4.78 is 5.44. The molecule has 27 heavy (non-hydrogen) atoms. The molecule has 5 heteroatoms. The average molecular weight is 362 g/mol. The van der Waals surface area contributed by atoms with Gasteiger partial charge in [-0.3, -0.25) is 9.59 Å². The number of benzene rings is 3.